The summed E-state index contributed by atoms with van der Waals surface area (Å²) >= 11 is 0. The molecule has 74 valence electrons. The molecule has 0 aromatic carbocycles. The second kappa shape index (κ2) is 6.05. The van der Waals surface area contributed by atoms with Crippen molar-refractivity contribution in [3.63, 3.8) is 0 Å². The molecule has 0 radical (unpaired) electrons. The number of amides is 1. The molecule has 8 heteroatoms. The Hall–Kier alpha value is -0.530. The van der Waals surface area contributed by atoms with Gasteiger partial charge in [0.1, 0.15) is 0 Å². The third-order valence-electron chi connectivity index (χ3n) is 2.11. The van der Waals surface area contributed by atoms with Crippen LogP contribution in [-0.4, -0.2) is 29.0 Å². The van der Waals surface area contributed by atoms with Crippen LogP contribution in [0.15, 0.2) is 5.28 Å². The first-order chi connectivity index (χ1) is 6.15. The van der Waals surface area contributed by atoms with Gasteiger partial charge in [-0.25, -0.2) is 0 Å². The van der Waals surface area contributed by atoms with Crippen LogP contribution in [0.5, 0.6) is 0 Å². The Labute approximate surface area is 103 Å². The summed E-state index contributed by atoms with van der Waals surface area (Å²) in [7, 11) is 0. The fraction of sp³-hybridized carbons (Fsp3) is 0.833. The topological polar surface area (TPSA) is 108 Å². The number of carbonyl (C=O) groups excluding carboxylic acids is 1. The first kappa shape index (κ1) is 13.5. The fourth-order valence-corrected chi connectivity index (χ4v) is 1.40. The number of hydrogen-bond acceptors (Lipinski definition) is 4. The van der Waals surface area contributed by atoms with E-state index in [-0.39, 0.29) is 47.0 Å². The van der Waals surface area contributed by atoms with Crippen molar-refractivity contribution in [1.82, 2.24) is 5.01 Å². The van der Waals surface area contributed by atoms with Gasteiger partial charge in [-0.15, -0.1) is 5.01 Å². The molecule has 0 aromatic rings. The Bertz CT molecular complexity index is 235. The summed E-state index contributed by atoms with van der Waals surface area (Å²) in [6.07, 6.45) is 1.33. The Morgan fingerprint density at radius 2 is 2.29 bits per heavy atom. The third-order valence-corrected chi connectivity index (χ3v) is 2.11. The van der Waals surface area contributed by atoms with Crippen molar-refractivity contribution in [3.05, 3.63) is 10.4 Å². The zero-order valence-corrected chi connectivity index (χ0v) is 10.0. The predicted octanol–water partition coefficient (Wildman–Crippen LogP) is -3.44. The molecule has 1 rings (SSSR count). The minimum Gasteiger partial charge on any atom is -0.737 e. The molecule has 0 saturated carbocycles. The largest absolute Gasteiger partial charge is 1.00 e. The average molecular weight is 210 g/mol. The van der Waals surface area contributed by atoms with Crippen molar-refractivity contribution in [1.29, 1.82) is 0 Å². The number of hydrogen-bond donors (Lipinski definition) is 1. The summed E-state index contributed by atoms with van der Waals surface area (Å²) in [5, 5.41) is 24.0. The summed E-state index contributed by atoms with van der Waals surface area (Å²) in [5.74, 6) is -0.795. The zero-order valence-electron chi connectivity index (χ0n) is 8.05. The summed E-state index contributed by atoms with van der Waals surface area (Å²) in [6, 6.07) is 0. The van der Waals surface area contributed by atoms with Crippen LogP contribution in [0.25, 0.3) is 0 Å². The monoisotopic (exact) mass is 210 g/mol. The summed E-state index contributed by atoms with van der Waals surface area (Å²) < 4.78 is 0. The van der Waals surface area contributed by atoms with Crippen molar-refractivity contribution < 1.29 is 39.3 Å². The van der Waals surface area contributed by atoms with Crippen molar-refractivity contribution in [2.75, 3.05) is 13.1 Å². The van der Waals surface area contributed by atoms with E-state index >= 15 is 0 Å². The van der Waals surface area contributed by atoms with Crippen LogP contribution in [0.3, 0.4) is 0 Å². The summed E-state index contributed by atoms with van der Waals surface area (Å²) in [5.41, 5.74) is 5.08. The number of carbonyl (C=O) groups is 1. The molecular weight excluding hydrogens is 199 g/mol. The second-order valence-electron chi connectivity index (χ2n) is 2.99. The first-order valence-corrected chi connectivity index (χ1v) is 4.00. The molecule has 1 aliphatic rings. The predicted molar refractivity (Wildman–Crippen MR) is 42.9 cm³/mol. The molecule has 0 spiro atoms. The van der Waals surface area contributed by atoms with E-state index < -0.39 is 5.91 Å². The molecule has 2 N–H and O–H groups in total. The van der Waals surface area contributed by atoms with Crippen molar-refractivity contribution in [2.45, 2.75) is 12.8 Å². The van der Waals surface area contributed by atoms with Gasteiger partial charge in [-0.2, -0.15) is 0 Å². The number of primary amides is 1. The molecule has 1 unspecified atom stereocenters. The van der Waals surface area contributed by atoms with Gasteiger partial charge in [-0.3, -0.25) is 4.79 Å². The van der Waals surface area contributed by atoms with E-state index in [1.54, 1.807) is 0 Å². The van der Waals surface area contributed by atoms with Gasteiger partial charge in [0.15, 0.2) is 0 Å². The molecule has 1 aliphatic heterocycles. The Morgan fingerprint density at radius 3 is 2.79 bits per heavy atom. The number of rotatable bonds is 2. The van der Waals surface area contributed by atoms with E-state index in [2.05, 4.69) is 5.28 Å². The molecule has 1 atom stereocenters. The number of hydrazine groups is 1. The Balaban J connectivity index is 0.00000169. The van der Waals surface area contributed by atoms with Gasteiger partial charge in [0, 0.05) is 4.97 Å². The molecule has 1 amide bonds. The van der Waals surface area contributed by atoms with Crippen molar-refractivity contribution >= 4 is 5.91 Å². The van der Waals surface area contributed by atoms with E-state index in [4.69, 9.17) is 5.73 Å². The van der Waals surface area contributed by atoms with Gasteiger partial charge in [-0.1, -0.05) is 0 Å². The standard InChI is InChI=1S/C6H12N4O3.Na/c7-6(11)5-2-1-3-9(4-5)10(13)8-12;/h5,12H,1-4H2,(H2,7,11);/q;+1/p-1/b10-8-;. The minimum atomic E-state index is -0.441. The third kappa shape index (κ3) is 3.32. The molecular formula is C6H11N4NaO3. The van der Waals surface area contributed by atoms with Crippen LogP contribution >= 0.6 is 0 Å². The molecule has 0 bridgehead atoms. The maximum atomic E-state index is 10.8. The van der Waals surface area contributed by atoms with Crippen LogP contribution in [0.1, 0.15) is 12.8 Å². The molecule has 0 aromatic heterocycles. The van der Waals surface area contributed by atoms with Gasteiger partial charge in [0.25, 0.3) is 0 Å². The van der Waals surface area contributed by atoms with Crippen molar-refractivity contribution in [2.24, 2.45) is 16.9 Å². The van der Waals surface area contributed by atoms with Gasteiger partial charge in [-0.05, 0) is 18.1 Å². The first-order valence-electron chi connectivity index (χ1n) is 4.00. The quantitative estimate of drug-likeness (QED) is 0.221. The van der Waals surface area contributed by atoms with Gasteiger partial charge < -0.3 is 16.1 Å². The van der Waals surface area contributed by atoms with Crippen LogP contribution in [0.2, 0.25) is 0 Å². The Morgan fingerprint density at radius 1 is 1.64 bits per heavy atom. The normalized spacial score (nSPS) is 22.7. The number of nitrogens with zero attached hydrogens (tertiary/aromatic N) is 3. The van der Waals surface area contributed by atoms with Crippen LogP contribution in [-0.2, 0) is 4.79 Å². The van der Waals surface area contributed by atoms with Crippen LogP contribution in [0.4, 0.5) is 0 Å². The molecule has 14 heavy (non-hydrogen) atoms. The molecule has 1 saturated heterocycles. The van der Waals surface area contributed by atoms with Crippen LogP contribution in [0, 0.1) is 16.3 Å². The maximum absolute atomic E-state index is 10.8. The van der Waals surface area contributed by atoms with E-state index in [1.165, 1.54) is 5.01 Å². The Kier molecular flexibility index (Phi) is 5.82. The van der Waals surface area contributed by atoms with E-state index in [0.717, 1.165) is 0 Å². The summed E-state index contributed by atoms with van der Waals surface area (Å²) in [6.45, 7) is 0.629. The van der Waals surface area contributed by atoms with Crippen molar-refractivity contribution in [3.8, 4) is 0 Å². The molecule has 0 aliphatic carbocycles. The molecule has 1 heterocycles. The van der Waals surface area contributed by atoms with Gasteiger partial charge in [0.05, 0.1) is 19.0 Å². The van der Waals surface area contributed by atoms with E-state index in [1.807, 2.05) is 0 Å². The zero-order chi connectivity index (χ0) is 9.84. The fourth-order valence-electron chi connectivity index (χ4n) is 1.40. The second-order valence-corrected chi connectivity index (χ2v) is 2.99. The average Bonchev–Trinajstić information content (AvgIpc) is 2.17. The molecule has 7 nitrogen and oxygen atoms in total. The molecule has 1 fully saturated rings. The SMILES string of the molecule is NC(=O)C1CCCN(/[N+]([O-])=N/[O-])C1.[Na+]. The van der Waals surface area contributed by atoms with Gasteiger partial charge in [0.2, 0.25) is 5.91 Å². The van der Waals surface area contributed by atoms with E-state index in [9.17, 15) is 15.2 Å². The van der Waals surface area contributed by atoms with E-state index in [0.29, 0.717) is 19.4 Å². The maximum Gasteiger partial charge on any atom is 1.00 e. The number of piperidine rings is 1. The number of nitrogens with two attached hydrogens (primary N) is 1. The smallest absolute Gasteiger partial charge is 0.737 e. The summed E-state index contributed by atoms with van der Waals surface area (Å²) in [4.78, 5) is 10.7. The van der Waals surface area contributed by atoms with Gasteiger partial charge >= 0.3 is 29.6 Å². The van der Waals surface area contributed by atoms with Crippen LogP contribution < -0.4 is 35.3 Å². The minimum absolute atomic E-state index is 0.